The molecule has 1 atom stereocenters. The molecule has 2 heterocycles. The summed E-state index contributed by atoms with van der Waals surface area (Å²) in [5.74, 6) is -1.82. The summed E-state index contributed by atoms with van der Waals surface area (Å²) < 4.78 is 20.0. The molecule has 0 radical (unpaired) electrons. The molecule has 2 fully saturated rings. The van der Waals surface area contributed by atoms with Gasteiger partial charge < -0.3 is 20.1 Å². The van der Waals surface area contributed by atoms with Gasteiger partial charge in [0.25, 0.3) is 11.7 Å². The molecule has 0 bridgehead atoms. The molecule has 0 spiro atoms. The SMILES string of the molecule is COc1ccc(C(O)=C2C(=O)C(=O)N(CCN3CCNCC3)C2c2ccccc2F)cc1. The Labute approximate surface area is 186 Å². The lowest BCUT2D eigenvalue weighted by Gasteiger charge is -2.31. The van der Waals surface area contributed by atoms with Crippen LogP contribution in [0, 0.1) is 5.82 Å². The number of methoxy groups -OCH3 is 1. The Bertz CT molecular complexity index is 1030. The highest BCUT2D eigenvalue weighted by Crippen LogP contribution is 2.40. The van der Waals surface area contributed by atoms with Crippen LogP contribution in [-0.2, 0) is 9.59 Å². The summed E-state index contributed by atoms with van der Waals surface area (Å²) in [7, 11) is 1.52. The van der Waals surface area contributed by atoms with Crippen molar-refractivity contribution in [3.05, 3.63) is 71.0 Å². The van der Waals surface area contributed by atoms with Crippen LogP contribution in [0.3, 0.4) is 0 Å². The molecule has 4 rings (SSSR count). The molecule has 1 amide bonds. The molecule has 2 aliphatic heterocycles. The van der Waals surface area contributed by atoms with E-state index in [1.54, 1.807) is 42.5 Å². The molecule has 2 aromatic carbocycles. The fourth-order valence-corrected chi connectivity index (χ4v) is 4.22. The number of aliphatic hydroxyl groups is 1. The molecule has 0 aromatic heterocycles. The molecule has 2 N–H and O–H groups in total. The lowest BCUT2D eigenvalue weighted by atomic mass is 9.95. The number of nitrogens with one attached hydrogen (secondary N) is 1. The molecule has 32 heavy (non-hydrogen) atoms. The first-order valence-corrected chi connectivity index (χ1v) is 10.6. The first-order chi connectivity index (χ1) is 15.5. The molecule has 2 saturated heterocycles. The predicted octanol–water partition coefficient (Wildman–Crippen LogP) is 2.16. The zero-order valence-corrected chi connectivity index (χ0v) is 17.9. The van der Waals surface area contributed by atoms with Crippen molar-refractivity contribution < 1.29 is 23.8 Å². The topological polar surface area (TPSA) is 82.1 Å². The minimum atomic E-state index is -0.999. The molecule has 1 unspecified atom stereocenters. The van der Waals surface area contributed by atoms with Gasteiger partial charge in [0.15, 0.2) is 0 Å². The number of carbonyl (C=O) groups is 2. The van der Waals surface area contributed by atoms with Crippen molar-refractivity contribution >= 4 is 17.4 Å². The number of amides is 1. The van der Waals surface area contributed by atoms with Crippen molar-refractivity contribution in [3.8, 4) is 5.75 Å². The number of likely N-dealkylation sites (tertiary alicyclic amines) is 1. The molecule has 0 saturated carbocycles. The fraction of sp³-hybridized carbons (Fsp3) is 0.333. The zero-order valence-electron chi connectivity index (χ0n) is 17.9. The number of hydrogen-bond donors (Lipinski definition) is 2. The fourth-order valence-electron chi connectivity index (χ4n) is 4.22. The van der Waals surface area contributed by atoms with Gasteiger partial charge >= 0.3 is 0 Å². The second-order valence-electron chi connectivity index (χ2n) is 7.83. The maximum Gasteiger partial charge on any atom is 0.295 e. The summed E-state index contributed by atoms with van der Waals surface area (Å²) >= 11 is 0. The number of benzene rings is 2. The van der Waals surface area contributed by atoms with E-state index in [2.05, 4.69) is 10.2 Å². The summed E-state index contributed by atoms with van der Waals surface area (Å²) in [5.41, 5.74) is 0.430. The van der Waals surface area contributed by atoms with Gasteiger partial charge in [0.1, 0.15) is 17.3 Å². The van der Waals surface area contributed by atoms with Crippen molar-refractivity contribution in [2.75, 3.05) is 46.4 Å². The van der Waals surface area contributed by atoms with Crippen LogP contribution < -0.4 is 10.1 Å². The van der Waals surface area contributed by atoms with E-state index in [1.807, 2.05) is 0 Å². The maximum atomic E-state index is 14.8. The number of piperazine rings is 1. The first kappa shape index (κ1) is 22.0. The molecular formula is C24H26FN3O4. The number of Topliss-reactive ketones (excluding diaryl/α,β-unsaturated/α-hetero) is 1. The Kier molecular flexibility index (Phi) is 6.53. The molecular weight excluding hydrogens is 413 g/mol. The summed E-state index contributed by atoms with van der Waals surface area (Å²) in [4.78, 5) is 29.6. The normalized spacial score (nSPS) is 21.2. The third-order valence-corrected chi connectivity index (χ3v) is 5.97. The first-order valence-electron chi connectivity index (χ1n) is 10.6. The smallest absolute Gasteiger partial charge is 0.295 e. The van der Waals surface area contributed by atoms with Crippen LogP contribution in [0.4, 0.5) is 4.39 Å². The molecule has 8 heteroatoms. The average Bonchev–Trinajstić information content (AvgIpc) is 3.08. The predicted molar refractivity (Wildman–Crippen MR) is 118 cm³/mol. The third kappa shape index (κ3) is 4.24. The zero-order chi connectivity index (χ0) is 22.7. The van der Waals surface area contributed by atoms with Crippen molar-refractivity contribution in [2.24, 2.45) is 0 Å². The van der Waals surface area contributed by atoms with E-state index in [9.17, 15) is 19.1 Å². The summed E-state index contributed by atoms with van der Waals surface area (Å²) in [6, 6.07) is 11.5. The van der Waals surface area contributed by atoms with Crippen LogP contribution in [0.1, 0.15) is 17.2 Å². The Balaban J connectivity index is 1.74. The molecule has 7 nitrogen and oxygen atoms in total. The average molecular weight is 439 g/mol. The summed E-state index contributed by atoms with van der Waals surface area (Å²) in [6.45, 7) is 4.19. The number of aliphatic hydroxyl groups excluding tert-OH is 1. The van der Waals surface area contributed by atoms with Crippen molar-refractivity contribution in [2.45, 2.75) is 6.04 Å². The molecule has 0 aliphatic carbocycles. The number of carbonyl (C=O) groups excluding carboxylic acids is 2. The van der Waals surface area contributed by atoms with E-state index >= 15 is 0 Å². The third-order valence-electron chi connectivity index (χ3n) is 5.97. The van der Waals surface area contributed by atoms with Gasteiger partial charge in [-0.1, -0.05) is 18.2 Å². The van der Waals surface area contributed by atoms with Gasteiger partial charge in [0.2, 0.25) is 0 Å². The second kappa shape index (κ2) is 9.50. The minimum absolute atomic E-state index is 0.106. The number of rotatable bonds is 6. The van der Waals surface area contributed by atoms with Crippen LogP contribution in [-0.4, -0.2) is 73.0 Å². The van der Waals surface area contributed by atoms with E-state index in [0.717, 1.165) is 26.2 Å². The highest BCUT2D eigenvalue weighted by molar-refractivity contribution is 6.46. The quantitative estimate of drug-likeness (QED) is 0.408. The van der Waals surface area contributed by atoms with Crippen molar-refractivity contribution in [1.82, 2.24) is 15.1 Å². The highest BCUT2D eigenvalue weighted by atomic mass is 19.1. The molecule has 168 valence electrons. The van der Waals surface area contributed by atoms with E-state index in [-0.39, 0.29) is 23.4 Å². The Morgan fingerprint density at radius 3 is 2.44 bits per heavy atom. The van der Waals surface area contributed by atoms with Gasteiger partial charge in [0.05, 0.1) is 18.7 Å². The second-order valence-corrected chi connectivity index (χ2v) is 7.83. The summed E-state index contributed by atoms with van der Waals surface area (Å²) in [5, 5.41) is 14.3. The van der Waals surface area contributed by atoms with Gasteiger partial charge in [-0.05, 0) is 30.3 Å². The maximum absolute atomic E-state index is 14.8. The highest BCUT2D eigenvalue weighted by Gasteiger charge is 2.46. The lowest BCUT2D eigenvalue weighted by Crippen LogP contribution is -2.46. The Morgan fingerprint density at radius 2 is 1.78 bits per heavy atom. The van der Waals surface area contributed by atoms with Gasteiger partial charge in [-0.25, -0.2) is 4.39 Å². The van der Waals surface area contributed by atoms with Crippen molar-refractivity contribution in [3.63, 3.8) is 0 Å². The number of ketones is 1. The largest absolute Gasteiger partial charge is 0.507 e. The van der Waals surface area contributed by atoms with Crippen LogP contribution in [0.2, 0.25) is 0 Å². The van der Waals surface area contributed by atoms with Gasteiger partial charge in [0, 0.05) is 50.4 Å². The Morgan fingerprint density at radius 1 is 1.09 bits per heavy atom. The van der Waals surface area contributed by atoms with Gasteiger partial charge in [-0.15, -0.1) is 0 Å². The van der Waals surface area contributed by atoms with Gasteiger partial charge in [-0.3, -0.25) is 14.5 Å². The molecule has 2 aromatic rings. The van der Waals surface area contributed by atoms with E-state index < -0.39 is 23.5 Å². The lowest BCUT2D eigenvalue weighted by molar-refractivity contribution is -0.140. The Hall–Kier alpha value is -3.23. The molecule has 2 aliphatic rings. The van der Waals surface area contributed by atoms with E-state index in [4.69, 9.17) is 4.74 Å². The summed E-state index contributed by atoms with van der Waals surface area (Å²) in [6.07, 6.45) is 0. The van der Waals surface area contributed by atoms with Crippen LogP contribution >= 0.6 is 0 Å². The van der Waals surface area contributed by atoms with E-state index in [0.29, 0.717) is 17.9 Å². The number of halogens is 1. The standard InChI is InChI=1S/C24H26FN3O4/c1-32-17-8-6-16(7-9-17)22(29)20-21(18-4-2-3-5-19(18)25)28(24(31)23(20)30)15-14-27-12-10-26-11-13-27/h2-9,21,26,29H,10-15H2,1H3. The van der Waals surface area contributed by atoms with Gasteiger partial charge in [-0.2, -0.15) is 0 Å². The minimum Gasteiger partial charge on any atom is -0.507 e. The van der Waals surface area contributed by atoms with Crippen molar-refractivity contribution in [1.29, 1.82) is 0 Å². The van der Waals surface area contributed by atoms with Crippen LogP contribution in [0.15, 0.2) is 54.1 Å². The van der Waals surface area contributed by atoms with E-state index in [1.165, 1.54) is 18.1 Å². The van der Waals surface area contributed by atoms with Crippen LogP contribution in [0.5, 0.6) is 5.75 Å². The monoisotopic (exact) mass is 439 g/mol. The number of ether oxygens (including phenoxy) is 1. The number of hydrogen-bond acceptors (Lipinski definition) is 6. The van der Waals surface area contributed by atoms with Crippen LogP contribution in [0.25, 0.3) is 5.76 Å². The number of nitrogens with zero attached hydrogens (tertiary/aromatic N) is 2.